The Hall–Kier alpha value is -2.02. The summed E-state index contributed by atoms with van der Waals surface area (Å²) >= 11 is 1.53. The Balaban J connectivity index is 1.55. The summed E-state index contributed by atoms with van der Waals surface area (Å²) in [6.07, 6.45) is 3.79. The second-order valence-electron chi connectivity index (χ2n) is 6.89. The molecule has 1 aliphatic heterocycles. The number of ether oxygens (including phenoxy) is 1. The van der Waals surface area contributed by atoms with Crippen LogP contribution >= 0.6 is 11.3 Å². The van der Waals surface area contributed by atoms with Crippen LogP contribution in [0.4, 0.5) is 0 Å². The lowest BCUT2D eigenvalue weighted by Gasteiger charge is -2.27. The molecular weight excluding hydrogens is 346 g/mol. The monoisotopic (exact) mass is 369 g/mol. The summed E-state index contributed by atoms with van der Waals surface area (Å²) in [7, 11) is 2.05. The average molecular weight is 369 g/mol. The van der Waals surface area contributed by atoms with Crippen molar-refractivity contribution in [3.8, 4) is 11.1 Å². The zero-order chi connectivity index (χ0) is 17.9. The van der Waals surface area contributed by atoms with Crippen LogP contribution in [-0.2, 0) is 11.3 Å². The Morgan fingerprint density at radius 2 is 2.15 bits per heavy atom. The van der Waals surface area contributed by atoms with Crippen LogP contribution in [0.15, 0.2) is 40.5 Å². The van der Waals surface area contributed by atoms with Gasteiger partial charge >= 0.3 is 0 Å². The van der Waals surface area contributed by atoms with Crippen molar-refractivity contribution in [2.24, 2.45) is 0 Å². The van der Waals surface area contributed by atoms with E-state index in [4.69, 9.17) is 9.72 Å². The lowest BCUT2D eigenvalue weighted by atomic mass is 10.1. The van der Waals surface area contributed by atoms with Gasteiger partial charge in [0.25, 0.3) is 5.56 Å². The van der Waals surface area contributed by atoms with Gasteiger partial charge in [0.1, 0.15) is 10.7 Å². The van der Waals surface area contributed by atoms with Crippen molar-refractivity contribution in [3.63, 3.8) is 0 Å². The number of likely N-dealkylation sites (N-methyl/N-ethyl adjacent to an activating group) is 1. The van der Waals surface area contributed by atoms with E-state index in [1.807, 2.05) is 42.8 Å². The van der Waals surface area contributed by atoms with Gasteiger partial charge in [0.15, 0.2) is 0 Å². The highest BCUT2D eigenvalue weighted by atomic mass is 32.1. The van der Waals surface area contributed by atoms with Gasteiger partial charge in [0.05, 0.1) is 18.0 Å². The Bertz CT molecular complexity index is 929. The van der Waals surface area contributed by atoms with Crippen molar-refractivity contribution in [2.75, 3.05) is 20.2 Å². The average Bonchev–Trinajstić information content (AvgIpc) is 3.08. The fourth-order valence-electron chi connectivity index (χ4n) is 3.52. The summed E-state index contributed by atoms with van der Waals surface area (Å²) in [5.74, 6) is 0.710. The van der Waals surface area contributed by atoms with E-state index in [1.165, 1.54) is 17.8 Å². The van der Waals surface area contributed by atoms with E-state index in [0.29, 0.717) is 17.8 Å². The Morgan fingerprint density at radius 3 is 2.92 bits per heavy atom. The summed E-state index contributed by atoms with van der Waals surface area (Å²) in [5.41, 5.74) is 1.94. The fraction of sp³-hybridized carbons (Fsp3) is 0.400. The molecule has 0 aliphatic carbocycles. The third kappa shape index (κ3) is 3.72. The van der Waals surface area contributed by atoms with Crippen LogP contribution in [0.25, 0.3) is 21.3 Å². The lowest BCUT2D eigenvalue weighted by molar-refractivity contribution is -0.00290. The number of thiophene rings is 1. The zero-order valence-corrected chi connectivity index (χ0v) is 15.7. The molecule has 0 radical (unpaired) electrons. The molecule has 5 nitrogen and oxygen atoms in total. The maximum Gasteiger partial charge on any atom is 0.260 e. The summed E-state index contributed by atoms with van der Waals surface area (Å²) < 4.78 is 5.80. The molecule has 1 aromatic carbocycles. The van der Waals surface area contributed by atoms with Crippen molar-refractivity contribution in [2.45, 2.75) is 31.9 Å². The molecule has 0 amide bonds. The number of rotatable bonds is 5. The number of hydrogen-bond acceptors (Lipinski definition) is 5. The number of H-pyrrole nitrogens is 1. The first kappa shape index (κ1) is 17.4. The Labute approximate surface area is 156 Å². The fourth-order valence-corrected chi connectivity index (χ4v) is 4.48. The van der Waals surface area contributed by atoms with Gasteiger partial charge in [-0.25, -0.2) is 4.98 Å². The molecule has 3 heterocycles. The van der Waals surface area contributed by atoms with Crippen LogP contribution in [0.5, 0.6) is 0 Å². The van der Waals surface area contributed by atoms with Gasteiger partial charge in [-0.05, 0) is 31.9 Å². The van der Waals surface area contributed by atoms with Gasteiger partial charge < -0.3 is 9.72 Å². The molecule has 0 saturated carbocycles. The molecular formula is C20H23N3O2S. The normalized spacial score (nSPS) is 17.8. The topological polar surface area (TPSA) is 58.2 Å². The quantitative estimate of drug-likeness (QED) is 0.746. The van der Waals surface area contributed by atoms with Crippen molar-refractivity contribution in [1.29, 1.82) is 0 Å². The maximum atomic E-state index is 12.7. The Kier molecular flexibility index (Phi) is 5.15. The third-order valence-electron chi connectivity index (χ3n) is 4.79. The predicted molar refractivity (Wildman–Crippen MR) is 106 cm³/mol. The Morgan fingerprint density at radius 1 is 1.31 bits per heavy atom. The summed E-state index contributed by atoms with van der Waals surface area (Å²) in [5, 5.41) is 2.70. The van der Waals surface area contributed by atoms with Crippen LogP contribution in [0.2, 0.25) is 0 Å². The highest BCUT2D eigenvalue weighted by Crippen LogP contribution is 2.30. The van der Waals surface area contributed by atoms with Gasteiger partial charge in [-0.15, -0.1) is 11.3 Å². The van der Waals surface area contributed by atoms with Gasteiger partial charge in [-0.1, -0.05) is 30.3 Å². The lowest BCUT2D eigenvalue weighted by Crippen LogP contribution is -2.33. The second-order valence-corrected chi connectivity index (χ2v) is 7.75. The summed E-state index contributed by atoms with van der Waals surface area (Å²) in [4.78, 5) is 23.3. The van der Waals surface area contributed by atoms with Crippen molar-refractivity contribution in [3.05, 3.63) is 51.9 Å². The summed E-state index contributed by atoms with van der Waals surface area (Å²) in [6, 6.07) is 9.98. The number of hydrogen-bond donors (Lipinski definition) is 1. The molecule has 1 saturated heterocycles. The number of fused-ring (bicyclic) bond motifs is 1. The highest BCUT2D eigenvalue weighted by Gasteiger charge is 2.17. The van der Waals surface area contributed by atoms with Crippen LogP contribution < -0.4 is 5.56 Å². The number of nitrogens with one attached hydrogen (secondary N) is 1. The van der Waals surface area contributed by atoms with E-state index in [2.05, 4.69) is 9.88 Å². The van der Waals surface area contributed by atoms with Crippen LogP contribution in [0.3, 0.4) is 0 Å². The number of aromatic nitrogens is 2. The van der Waals surface area contributed by atoms with Gasteiger partial charge in [-0.2, -0.15) is 0 Å². The molecule has 2 aromatic heterocycles. The first-order valence-corrected chi connectivity index (χ1v) is 9.94. The van der Waals surface area contributed by atoms with Crippen molar-refractivity contribution in [1.82, 2.24) is 14.9 Å². The minimum atomic E-state index is -0.0626. The summed E-state index contributed by atoms with van der Waals surface area (Å²) in [6.45, 7) is 2.34. The van der Waals surface area contributed by atoms with Crippen molar-refractivity contribution >= 4 is 21.6 Å². The minimum Gasteiger partial charge on any atom is -0.377 e. The standard InChI is InChI=1S/C20H23N3O2S/c1-23(11-15-9-5-6-10-25-15)12-17-21-19(24)18-16(13-26-20(18)22-17)14-7-3-2-4-8-14/h2-4,7-8,13,15H,5-6,9-12H2,1H3,(H,21,22,24). The van der Waals surface area contributed by atoms with E-state index in [9.17, 15) is 4.79 Å². The van der Waals surface area contributed by atoms with Gasteiger partial charge in [0.2, 0.25) is 0 Å². The van der Waals surface area contributed by atoms with Gasteiger partial charge in [0, 0.05) is 24.1 Å². The maximum absolute atomic E-state index is 12.7. The van der Waals surface area contributed by atoms with Crippen molar-refractivity contribution < 1.29 is 4.74 Å². The second kappa shape index (κ2) is 7.70. The van der Waals surface area contributed by atoms with Crippen LogP contribution in [-0.4, -0.2) is 41.2 Å². The SMILES string of the molecule is CN(Cc1nc2scc(-c3ccccc3)c2c(=O)[nH]1)CC1CCCCO1. The van der Waals surface area contributed by atoms with Crippen LogP contribution in [0.1, 0.15) is 25.1 Å². The molecule has 1 fully saturated rings. The minimum absolute atomic E-state index is 0.0626. The van der Waals surface area contributed by atoms with E-state index in [-0.39, 0.29) is 11.7 Å². The molecule has 3 aromatic rings. The molecule has 4 rings (SSSR count). The molecule has 0 bridgehead atoms. The first-order valence-electron chi connectivity index (χ1n) is 9.06. The number of benzene rings is 1. The highest BCUT2D eigenvalue weighted by molar-refractivity contribution is 7.17. The molecule has 0 spiro atoms. The smallest absolute Gasteiger partial charge is 0.260 e. The van der Waals surface area contributed by atoms with Gasteiger partial charge in [-0.3, -0.25) is 9.69 Å². The molecule has 6 heteroatoms. The molecule has 136 valence electrons. The molecule has 1 unspecified atom stereocenters. The first-order chi connectivity index (χ1) is 12.7. The number of nitrogens with zero attached hydrogens (tertiary/aromatic N) is 2. The third-order valence-corrected chi connectivity index (χ3v) is 5.66. The number of aromatic amines is 1. The van der Waals surface area contributed by atoms with E-state index in [1.54, 1.807) is 0 Å². The van der Waals surface area contributed by atoms with E-state index < -0.39 is 0 Å². The molecule has 1 aliphatic rings. The van der Waals surface area contributed by atoms with E-state index >= 15 is 0 Å². The zero-order valence-electron chi connectivity index (χ0n) is 14.9. The molecule has 26 heavy (non-hydrogen) atoms. The predicted octanol–water partition coefficient (Wildman–Crippen LogP) is 3.65. The van der Waals surface area contributed by atoms with Crippen LogP contribution in [0, 0.1) is 0 Å². The largest absolute Gasteiger partial charge is 0.377 e. The van der Waals surface area contributed by atoms with E-state index in [0.717, 1.165) is 42.0 Å². The molecule has 1 N–H and O–H groups in total. The molecule has 1 atom stereocenters.